The summed E-state index contributed by atoms with van der Waals surface area (Å²) in [7, 11) is 0. The average molecular weight is 720 g/mol. The number of hydrogen-bond donors (Lipinski definition) is 1. The van der Waals surface area contributed by atoms with Crippen molar-refractivity contribution in [3.63, 3.8) is 0 Å². The third-order valence-corrected chi connectivity index (χ3v) is 17.1. The number of ether oxygens (including phenoxy) is 1. The van der Waals surface area contributed by atoms with Gasteiger partial charge in [0.1, 0.15) is 11.7 Å². The highest BCUT2D eigenvalue weighted by Gasteiger charge is 2.86. The van der Waals surface area contributed by atoms with Gasteiger partial charge in [0.05, 0.1) is 17.6 Å². The van der Waals surface area contributed by atoms with Crippen molar-refractivity contribution in [3.8, 4) is 0 Å². The largest absolute Gasteiger partial charge is 0.481 e. The zero-order valence-electron chi connectivity index (χ0n) is 33.2. The molecule has 0 radical (unpaired) electrons. The highest BCUT2D eigenvalue weighted by molar-refractivity contribution is 5.90. The lowest BCUT2D eigenvalue weighted by atomic mass is 9.41. The first-order valence-electron chi connectivity index (χ1n) is 22.5. The molecule has 7 fully saturated rings. The van der Waals surface area contributed by atoms with Gasteiger partial charge in [-0.25, -0.2) is 0 Å². The molecular weight excluding hydrogens is 647 g/mol. The molecule has 0 spiro atoms. The van der Waals surface area contributed by atoms with Crippen LogP contribution in [0.4, 0.5) is 0 Å². The summed E-state index contributed by atoms with van der Waals surface area (Å²) in [6.45, 7) is 17.3. The Balaban J connectivity index is 1.11. The Morgan fingerprint density at radius 1 is 0.904 bits per heavy atom. The number of allylic oxidation sites excluding steroid dienone is 1. The molecule has 3 saturated heterocycles. The van der Waals surface area contributed by atoms with Gasteiger partial charge in [-0.15, -0.1) is 0 Å². The summed E-state index contributed by atoms with van der Waals surface area (Å²) in [6, 6.07) is 0. The lowest BCUT2D eigenvalue weighted by Gasteiger charge is -2.60. The molecule has 0 aromatic rings. The molecule has 1 N–H and O–H groups in total. The van der Waals surface area contributed by atoms with Gasteiger partial charge in [0.25, 0.3) is 0 Å². The third-order valence-electron chi connectivity index (χ3n) is 17.1. The molecule has 0 amide bonds. The first-order chi connectivity index (χ1) is 25.2. The molecule has 4 bridgehead atoms. The third kappa shape index (κ3) is 6.02. The molecule has 7 nitrogen and oxygen atoms in total. The summed E-state index contributed by atoms with van der Waals surface area (Å²) in [4.78, 5) is 36.3. The quantitative estimate of drug-likeness (QED) is 0.144. The van der Waals surface area contributed by atoms with E-state index >= 15 is 0 Å². The summed E-state index contributed by atoms with van der Waals surface area (Å²) in [5, 5.41) is 11.8. The molecule has 3 unspecified atom stereocenters. The van der Waals surface area contributed by atoms with Crippen molar-refractivity contribution >= 4 is 12.3 Å². The highest BCUT2D eigenvalue weighted by Crippen LogP contribution is 2.84. The minimum Gasteiger partial charge on any atom is -0.481 e. The summed E-state index contributed by atoms with van der Waals surface area (Å²) < 4.78 is 7.69. The minimum absolute atomic E-state index is 0.104. The minimum atomic E-state index is -1.15. The van der Waals surface area contributed by atoms with Gasteiger partial charge in [0.15, 0.2) is 0 Å². The smallest absolute Gasteiger partial charge is 0.315 e. The van der Waals surface area contributed by atoms with Gasteiger partial charge < -0.3 is 24.4 Å². The van der Waals surface area contributed by atoms with Gasteiger partial charge in [-0.3, -0.25) is 9.69 Å². The second kappa shape index (κ2) is 15.3. The van der Waals surface area contributed by atoms with Gasteiger partial charge in [-0.05, 0) is 138 Å². The number of piperidine rings is 2. The van der Waals surface area contributed by atoms with E-state index in [4.69, 9.17) is 4.74 Å². The van der Waals surface area contributed by atoms with E-state index in [0.717, 1.165) is 57.4 Å². The molecule has 292 valence electrons. The SMILES string of the molecule is CC(C)C1=CC2CC3(C=O)[C@@H]4CC[C@@H](C)[C@H]4CC2([C@H]2C[C@@H](C4CCCCC4)[C@H](CN(CCCN4CCCCC4)CCN4CCCCC4)O2)[C@]13C(=O)O. The molecule has 8 aliphatic rings. The van der Waals surface area contributed by atoms with Crippen LogP contribution in [0.1, 0.15) is 130 Å². The van der Waals surface area contributed by atoms with Crippen molar-refractivity contribution in [2.75, 3.05) is 58.9 Å². The molecule has 0 aromatic heterocycles. The topological polar surface area (TPSA) is 73.3 Å². The van der Waals surface area contributed by atoms with Gasteiger partial charge in [0, 0.05) is 25.0 Å². The van der Waals surface area contributed by atoms with Crippen LogP contribution < -0.4 is 0 Å². The number of carboxylic acids is 1. The summed E-state index contributed by atoms with van der Waals surface area (Å²) in [5.41, 5.74) is -1.44. The van der Waals surface area contributed by atoms with Crippen molar-refractivity contribution in [2.24, 2.45) is 57.7 Å². The predicted octanol–water partition coefficient (Wildman–Crippen LogP) is 7.93. The zero-order chi connectivity index (χ0) is 36.1. The number of rotatable bonds is 14. The standard InChI is InChI=1S/C45H73N3O4/c1-32(2)39-26-35-28-43(31-49)38-17-16-33(3)37(38)29-44(35,45(39,43)42(50)51)41-27-36(34-14-7-4-8-15-34)40(52-41)30-48(25-24-47-20-11-6-12-21-47)23-13-22-46-18-9-5-10-19-46/h26,31-38,40-41H,4-25,27-30H2,1-3H3,(H,50,51)/t33-,35?,36+,37-,38-,40+,41-,43?,44?,45+/m1/s1. The Labute approximate surface area is 316 Å². The Kier molecular flexibility index (Phi) is 11.1. The van der Waals surface area contributed by atoms with E-state index in [1.54, 1.807) is 0 Å². The fourth-order valence-electron chi connectivity index (χ4n) is 14.9. The van der Waals surface area contributed by atoms with Crippen molar-refractivity contribution in [3.05, 3.63) is 11.6 Å². The number of carbonyl (C=O) groups is 2. The van der Waals surface area contributed by atoms with E-state index in [0.29, 0.717) is 30.1 Å². The van der Waals surface area contributed by atoms with Crippen LogP contribution in [0.3, 0.4) is 0 Å². The molecule has 8 rings (SSSR count). The second-order valence-electron chi connectivity index (χ2n) is 19.8. The number of hydrogen-bond acceptors (Lipinski definition) is 6. The molecular formula is C45H73N3O4. The van der Waals surface area contributed by atoms with E-state index in [-0.39, 0.29) is 30.0 Å². The molecule has 0 aromatic carbocycles. The van der Waals surface area contributed by atoms with Crippen molar-refractivity contribution in [1.82, 2.24) is 14.7 Å². The van der Waals surface area contributed by atoms with Crippen LogP contribution in [-0.4, -0.2) is 103 Å². The maximum atomic E-state index is 14.4. The predicted molar refractivity (Wildman–Crippen MR) is 207 cm³/mol. The fraction of sp³-hybridized carbons (Fsp3) is 0.911. The maximum absolute atomic E-state index is 14.4. The van der Waals surface area contributed by atoms with Crippen LogP contribution in [-0.2, 0) is 14.3 Å². The van der Waals surface area contributed by atoms with E-state index in [1.165, 1.54) is 116 Å². The lowest BCUT2D eigenvalue weighted by molar-refractivity contribution is -0.197. The van der Waals surface area contributed by atoms with Crippen molar-refractivity contribution < 1.29 is 19.4 Å². The van der Waals surface area contributed by atoms with Crippen LogP contribution >= 0.6 is 0 Å². The van der Waals surface area contributed by atoms with Crippen molar-refractivity contribution in [1.29, 1.82) is 0 Å². The van der Waals surface area contributed by atoms with Crippen LogP contribution in [0, 0.1) is 57.7 Å². The number of aliphatic carboxylic acids is 1. The zero-order valence-corrected chi connectivity index (χ0v) is 33.2. The molecule has 3 aliphatic heterocycles. The Bertz CT molecular complexity index is 1300. The summed E-state index contributed by atoms with van der Waals surface area (Å²) in [6.07, 6.45) is 24.2. The summed E-state index contributed by atoms with van der Waals surface area (Å²) in [5.74, 6) is 1.74. The van der Waals surface area contributed by atoms with Crippen LogP contribution in [0.2, 0.25) is 0 Å². The summed E-state index contributed by atoms with van der Waals surface area (Å²) >= 11 is 0. The maximum Gasteiger partial charge on any atom is 0.315 e. The van der Waals surface area contributed by atoms with Gasteiger partial charge in [0.2, 0.25) is 0 Å². The van der Waals surface area contributed by atoms with E-state index in [9.17, 15) is 14.7 Å². The Morgan fingerprint density at radius 3 is 2.23 bits per heavy atom. The van der Waals surface area contributed by atoms with Gasteiger partial charge in [-0.1, -0.05) is 83.8 Å². The Hall–Kier alpha value is -1.28. The second-order valence-corrected chi connectivity index (χ2v) is 19.8. The number of aldehydes is 1. The van der Waals surface area contributed by atoms with Crippen LogP contribution in [0.5, 0.6) is 0 Å². The number of nitrogens with zero attached hydrogens (tertiary/aromatic N) is 3. The molecule has 10 atom stereocenters. The molecule has 3 heterocycles. The molecule has 52 heavy (non-hydrogen) atoms. The number of carboxylic acid groups (broad SMARTS) is 1. The molecule has 7 heteroatoms. The highest BCUT2D eigenvalue weighted by atomic mass is 16.5. The van der Waals surface area contributed by atoms with E-state index in [2.05, 4.69) is 41.5 Å². The van der Waals surface area contributed by atoms with Crippen molar-refractivity contribution in [2.45, 2.75) is 142 Å². The van der Waals surface area contributed by atoms with Gasteiger partial charge >= 0.3 is 5.97 Å². The van der Waals surface area contributed by atoms with Gasteiger partial charge in [-0.2, -0.15) is 0 Å². The number of likely N-dealkylation sites (tertiary alicyclic amines) is 2. The molecule has 5 aliphatic carbocycles. The van der Waals surface area contributed by atoms with Crippen LogP contribution in [0.25, 0.3) is 0 Å². The van der Waals surface area contributed by atoms with E-state index in [1.807, 2.05) is 0 Å². The van der Waals surface area contributed by atoms with E-state index < -0.39 is 22.2 Å². The number of fused-ring (bicyclic) bond motifs is 2. The lowest BCUT2D eigenvalue weighted by Crippen LogP contribution is -2.65. The van der Waals surface area contributed by atoms with Crippen LogP contribution in [0.15, 0.2) is 11.6 Å². The Morgan fingerprint density at radius 2 is 1.58 bits per heavy atom. The average Bonchev–Trinajstić information content (AvgIpc) is 3.88. The monoisotopic (exact) mass is 720 g/mol. The first-order valence-corrected chi connectivity index (χ1v) is 22.5. The molecule has 4 saturated carbocycles. The fourth-order valence-corrected chi connectivity index (χ4v) is 14.9. The first kappa shape index (κ1) is 37.6. The normalized spacial score (nSPS) is 42.6. The number of carbonyl (C=O) groups excluding carboxylic acids is 1.